The Morgan fingerprint density at radius 1 is 1.21 bits per heavy atom. The normalized spacial score (nSPS) is 24.5. The largest absolute Gasteiger partial charge is 0.489 e. The van der Waals surface area contributed by atoms with E-state index in [2.05, 4.69) is 43.2 Å². The molecule has 2 fully saturated rings. The van der Waals surface area contributed by atoms with Gasteiger partial charge in [-0.15, -0.1) is 11.3 Å². The Kier molecular flexibility index (Phi) is 5.74. The van der Waals surface area contributed by atoms with Gasteiger partial charge in [0.05, 0.1) is 4.88 Å². The lowest BCUT2D eigenvalue weighted by Crippen LogP contribution is -2.48. The maximum atomic E-state index is 12.7. The highest BCUT2D eigenvalue weighted by Crippen LogP contribution is 2.34. The number of thiophene rings is 1. The number of hydrogen-bond acceptors (Lipinski definition) is 4. The van der Waals surface area contributed by atoms with E-state index in [1.54, 1.807) is 0 Å². The first kappa shape index (κ1) is 19.5. The van der Waals surface area contributed by atoms with Gasteiger partial charge < -0.3 is 15.0 Å². The average molecular weight is 399 g/mol. The molecule has 4 rings (SSSR count). The quantitative estimate of drug-likeness (QED) is 0.759. The van der Waals surface area contributed by atoms with Crippen LogP contribution in [0.4, 0.5) is 0 Å². The molecule has 2 saturated heterocycles. The van der Waals surface area contributed by atoms with Crippen molar-refractivity contribution in [3.63, 3.8) is 0 Å². The Morgan fingerprint density at radius 2 is 1.89 bits per heavy atom. The molecule has 1 N–H and O–H groups in total. The predicted molar refractivity (Wildman–Crippen MR) is 114 cm³/mol. The summed E-state index contributed by atoms with van der Waals surface area (Å²) in [5, 5.41) is 5.29. The number of ether oxygens (including phenoxy) is 1. The van der Waals surface area contributed by atoms with Crippen molar-refractivity contribution in [3.05, 3.63) is 51.7 Å². The molecule has 2 unspecified atom stereocenters. The summed E-state index contributed by atoms with van der Waals surface area (Å²) in [6.45, 7) is 4.86. The van der Waals surface area contributed by atoms with Crippen molar-refractivity contribution in [3.8, 4) is 5.75 Å². The second-order valence-corrected chi connectivity index (χ2v) is 9.44. The zero-order valence-corrected chi connectivity index (χ0v) is 17.8. The molecule has 0 spiro atoms. The maximum Gasteiger partial charge on any atom is 0.261 e. The number of nitrogens with zero attached hydrogens (tertiary/aromatic N) is 1. The molecule has 0 radical (unpaired) electrons. The fourth-order valence-corrected chi connectivity index (χ4v) is 5.27. The zero-order valence-electron chi connectivity index (χ0n) is 17.0. The Hall–Kier alpha value is -1.85. The Balaban J connectivity index is 1.29. The summed E-state index contributed by atoms with van der Waals surface area (Å²) in [4.78, 5) is 15.9. The van der Waals surface area contributed by atoms with Crippen LogP contribution in [0.5, 0.6) is 5.75 Å². The van der Waals surface area contributed by atoms with Crippen molar-refractivity contribution in [1.82, 2.24) is 10.2 Å². The minimum atomic E-state index is 0.0616. The predicted octanol–water partition coefficient (Wildman–Crippen LogP) is 4.81. The fraction of sp³-hybridized carbons (Fsp3) is 0.522. The molecule has 0 saturated carbocycles. The van der Waals surface area contributed by atoms with E-state index >= 15 is 0 Å². The smallest absolute Gasteiger partial charge is 0.261 e. The standard InChI is InChI=1S/C23H30N2O2S/c1-15(2)17-4-8-21(9-5-17)27-13-16-10-22(28-14-16)23(26)24-18-11-19-6-7-20(12-18)25(19)3/h4-5,8-10,14-15,18-20H,6-7,11-13H2,1-3H3,(H,24,26). The van der Waals surface area contributed by atoms with Crippen molar-refractivity contribution in [2.45, 2.75) is 70.2 Å². The van der Waals surface area contributed by atoms with Gasteiger partial charge in [-0.3, -0.25) is 4.79 Å². The first-order valence-electron chi connectivity index (χ1n) is 10.3. The molecule has 5 heteroatoms. The third-order valence-electron chi connectivity index (χ3n) is 6.26. The van der Waals surface area contributed by atoms with E-state index in [9.17, 15) is 4.79 Å². The van der Waals surface area contributed by atoms with Gasteiger partial charge in [-0.2, -0.15) is 0 Å². The molecule has 1 amide bonds. The summed E-state index contributed by atoms with van der Waals surface area (Å²) >= 11 is 1.50. The number of rotatable bonds is 6. The highest BCUT2D eigenvalue weighted by molar-refractivity contribution is 7.12. The van der Waals surface area contributed by atoms with Crippen LogP contribution in [0.2, 0.25) is 0 Å². The molecule has 2 aromatic rings. The molecule has 2 bridgehead atoms. The second kappa shape index (κ2) is 8.26. The number of carbonyl (C=O) groups excluding carboxylic acids is 1. The molecule has 2 aliphatic heterocycles. The highest BCUT2D eigenvalue weighted by atomic mass is 32.1. The van der Waals surface area contributed by atoms with Gasteiger partial charge in [-0.1, -0.05) is 26.0 Å². The van der Waals surface area contributed by atoms with Crippen molar-refractivity contribution in [1.29, 1.82) is 0 Å². The fourth-order valence-electron chi connectivity index (χ4n) is 4.47. The van der Waals surface area contributed by atoms with Gasteiger partial charge in [0.1, 0.15) is 12.4 Å². The van der Waals surface area contributed by atoms with Crippen molar-refractivity contribution in [2.75, 3.05) is 7.05 Å². The number of benzene rings is 1. The molecule has 150 valence electrons. The van der Waals surface area contributed by atoms with Gasteiger partial charge >= 0.3 is 0 Å². The van der Waals surface area contributed by atoms with E-state index < -0.39 is 0 Å². The number of amides is 1. The molecule has 3 heterocycles. The number of carbonyl (C=O) groups is 1. The molecule has 28 heavy (non-hydrogen) atoms. The SMILES string of the molecule is CC(C)c1ccc(OCc2csc(C(=O)NC3CC4CCC(C3)N4C)c2)cc1. The van der Waals surface area contributed by atoms with Crippen molar-refractivity contribution in [2.24, 2.45) is 0 Å². The number of nitrogens with one attached hydrogen (secondary N) is 1. The minimum absolute atomic E-state index is 0.0616. The van der Waals surface area contributed by atoms with Crippen LogP contribution in [0.1, 0.15) is 66.2 Å². The lowest BCUT2D eigenvalue weighted by molar-refractivity contribution is 0.0886. The van der Waals surface area contributed by atoms with Crippen molar-refractivity contribution >= 4 is 17.2 Å². The summed E-state index contributed by atoms with van der Waals surface area (Å²) in [5.74, 6) is 1.45. The second-order valence-electron chi connectivity index (χ2n) is 8.52. The van der Waals surface area contributed by atoms with Gasteiger partial charge in [-0.25, -0.2) is 0 Å². The van der Waals surface area contributed by atoms with E-state index in [0.717, 1.165) is 29.0 Å². The number of fused-ring (bicyclic) bond motifs is 2. The van der Waals surface area contributed by atoms with Crippen molar-refractivity contribution < 1.29 is 9.53 Å². The van der Waals surface area contributed by atoms with Crippen LogP contribution in [0.3, 0.4) is 0 Å². The molecular formula is C23H30N2O2S. The molecule has 4 nitrogen and oxygen atoms in total. The first-order valence-corrected chi connectivity index (χ1v) is 11.2. The van der Waals surface area contributed by atoms with Crippen LogP contribution >= 0.6 is 11.3 Å². The summed E-state index contributed by atoms with van der Waals surface area (Å²) in [5.41, 5.74) is 2.36. The summed E-state index contributed by atoms with van der Waals surface area (Å²) in [7, 11) is 2.22. The monoisotopic (exact) mass is 398 g/mol. The highest BCUT2D eigenvalue weighted by Gasteiger charge is 2.38. The third kappa shape index (κ3) is 4.26. The molecule has 0 aliphatic carbocycles. The Morgan fingerprint density at radius 3 is 2.54 bits per heavy atom. The summed E-state index contributed by atoms with van der Waals surface area (Å²) in [6, 6.07) is 11.8. The Labute approximate surface area is 171 Å². The molecular weight excluding hydrogens is 368 g/mol. The van der Waals surface area contributed by atoms with E-state index in [1.807, 2.05) is 23.6 Å². The van der Waals surface area contributed by atoms with Gasteiger partial charge in [-0.05, 0) is 67.8 Å². The van der Waals surface area contributed by atoms with Crippen LogP contribution in [-0.4, -0.2) is 36.0 Å². The third-order valence-corrected chi connectivity index (χ3v) is 7.24. The lowest BCUT2D eigenvalue weighted by atomic mass is 9.98. The first-order chi connectivity index (χ1) is 13.5. The van der Waals surface area contributed by atoms with Gasteiger partial charge in [0.15, 0.2) is 0 Å². The number of piperidine rings is 1. The molecule has 1 aromatic heterocycles. The lowest BCUT2D eigenvalue weighted by Gasteiger charge is -2.36. The van der Waals surface area contributed by atoms with Gasteiger partial charge in [0.2, 0.25) is 0 Å². The summed E-state index contributed by atoms with van der Waals surface area (Å²) < 4.78 is 5.89. The Bertz CT molecular complexity index is 800. The number of hydrogen-bond donors (Lipinski definition) is 1. The molecule has 2 atom stereocenters. The summed E-state index contributed by atoms with van der Waals surface area (Å²) in [6.07, 6.45) is 4.69. The van der Waals surface area contributed by atoms with Crippen LogP contribution in [-0.2, 0) is 6.61 Å². The average Bonchev–Trinajstić information content (AvgIpc) is 3.22. The van der Waals surface area contributed by atoms with Crippen LogP contribution in [0, 0.1) is 0 Å². The maximum absolute atomic E-state index is 12.7. The molecule has 1 aromatic carbocycles. The zero-order chi connectivity index (χ0) is 19.7. The van der Waals surface area contributed by atoms with Crippen LogP contribution < -0.4 is 10.1 Å². The van der Waals surface area contributed by atoms with E-state index in [0.29, 0.717) is 30.7 Å². The van der Waals surface area contributed by atoms with E-state index in [1.165, 1.54) is 29.7 Å². The molecule has 2 aliphatic rings. The van der Waals surface area contributed by atoms with Crippen LogP contribution in [0.15, 0.2) is 35.7 Å². The minimum Gasteiger partial charge on any atom is -0.489 e. The van der Waals surface area contributed by atoms with Gasteiger partial charge in [0.25, 0.3) is 5.91 Å². The van der Waals surface area contributed by atoms with Crippen LogP contribution in [0.25, 0.3) is 0 Å². The van der Waals surface area contributed by atoms with E-state index in [-0.39, 0.29) is 5.91 Å². The van der Waals surface area contributed by atoms with E-state index in [4.69, 9.17) is 4.74 Å². The topological polar surface area (TPSA) is 41.6 Å². The van der Waals surface area contributed by atoms with Gasteiger partial charge in [0, 0.05) is 23.7 Å².